The van der Waals surface area contributed by atoms with Gasteiger partial charge in [0.2, 0.25) is 0 Å². The SMILES string of the molecule is O=C(O)c1cnn(Cc2nc(-c3cc(CCc4cccnc4)cc(C(F)(F)F)c3)cs2)c1. The van der Waals surface area contributed by atoms with E-state index in [-0.39, 0.29) is 12.1 Å². The molecular weight excluding hydrogens is 441 g/mol. The van der Waals surface area contributed by atoms with Crippen LogP contribution in [-0.2, 0) is 25.6 Å². The van der Waals surface area contributed by atoms with Crippen molar-refractivity contribution in [3.63, 3.8) is 0 Å². The van der Waals surface area contributed by atoms with E-state index in [1.165, 1.54) is 34.5 Å². The maximum atomic E-state index is 13.5. The van der Waals surface area contributed by atoms with Gasteiger partial charge in [0.05, 0.1) is 29.6 Å². The molecule has 3 heterocycles. The first-order valence-corrected chi connectivity index (χ1v) is 10.5. The first-order valence-electron chi connectivity index (χ1n) is 9.58. The minimum atomic E-state index is -4.47. The van der Waals surface area contributed by atoms with Crippen molar-refractivity contribution in [2.75, 3.05) is 0 Å². The minimum Gasteiger partial charge on any atom is -0.478 e. The zero-order valence-electron chi connectivity index (χ0n) is 16.6. The number of hydrogen-bond donors (Lipinski definition) is 1. The van der Waals surface area contributed by atoms with E-state index in [4.69, 9.17) is 5.11 Å². The molecule has 0 aliphatic heterocycles. The summed E-state index contributed by atoms with van der Waals surface area (Å²) in [5.74, 6) is -1.08. The zero-order valence-corrected chi connectivity index (χ0v) is 17.4. The smallest absolute Gasteiger partial charge is 0.416 e. The summed E-state index contributed by atoms with van der Waals surface area (Å²) >= 11 is 1.28. The van der Waals surface area contributed by atoms with Gasteiger partial charge in [-0.2, -0.15) is 18.3 Å². The molecule has 0 bridgehead atoms. The summed E-state index contributed by atoms with van der Waals surface area (Å²) in [6.45, 7) is 0.227. The second-order valence-electron chi connectivity index (χ2n) is 7.14. The van der Waals surface area contributed by atoms with E-state index in [0.717, 1.165) is 11.6 Å². The number of carboxylic acid groups (broad SMARTS) is 1. The third-order valence-electron chi connectivity index (χ3n) is 4.77. The van der Waals surface area contributed by atoms with Gasteiger partial charge in [-0.15, -0.1) is 11.3 Å². The van der Waals surface area contributed by atoms with Crippen LogP contribution in [-0.4, -0.2) is 30.8 Å². The molecule has 32 heavy (non-hydrogen) atoms. The average molecular weight is 458 g/mol. The molecule has 0 unspecified atom stereocenters. The Kier molecular flexibility index (Phi) is 6.04. The van der Waals surface area contributed by atoms with E-state index >= 15 is 0 Å². The predicted molar refractivity (Wildman–Crippen MR) is 112 cm³/mol. The van der Waals surface area contributed by atoms with Crippen LogP contribution in [0.15, 0.2) is 60.5 Å². The van der Waals surface area contributed by atoms with E-state index in [0.29, 0.717) is 34.7 Å². The molecule has 0 radical (unpaired) electrons. The van der Waals surface area contributed by atoms with Gasteiger partial charge in [0.15, 0.2) is 0 Å². The third kappa shape index (κ3) is 5.20. The molecule has 164 valence electrons. The Hall–Kier alpha value is -3.53. The van der Waals surface area contributed by atoms with Gasteiger partial charge in [0, 0.05) is 29.5 Å². The summed E-state index contributed by atoms with van der Waals surface area (Å²) in [5.41, 5.74) is 1.66. The summed E-state index contributed by atoms with van der Waals surface area (Å²) in [6.07, 6.45) is 2.50. The van der Waals surface area contributed by atoms with Gasteiger partial charge in [-0.05, 0) is 48.2 Å². The largest absolute Gasteiger partial charge is 0.478 e. The molecule has 6 nitrogen and oxygen atoms in total. The molecule has 0 atom stereocenters. The maximum absolute atomic E-state index is 13.5. The molecular formula is C22H17F3N4O2S. The monoisotopic (exact) mass is 458 g/mol. The van der Waals surface area contributed by atoms with Gasteiger partial charge >= 0.3 is 12.1 Å². The van der Waals surface area contributed by atoms with Crippen LogP contribution in [0.25, 0.3) is 11.3 Å². The summed E-state index contributed by atoms with van der Waals surface area (Å²) in [6, 6.07) is 7.68. The number of alkyl halides is 3. The Morgan fingerprint density at radius 2 is 1.94 bits per heavy atom. The number of hydrogen-bond acceptors (Lipinski definition) is 5. The van der Waals surface area contributed by atoms with Gasteiger partial charge in [0.25, 0.3) is 0 Å². The second-order valence-corrected chi connectivity index (χ2v) is 8.08. The number of pyridine rings is 1. The van der Waals surface area contributed by atoms with Gasteiger partial charge in [-0.25, -0.2) is 9.78 Å². The van der Waals surface area contributed by atoms with Crippen LogP contribution in [0, 0.1) is 0 Å². The number of carbonyl (C=O) groups is 1. The number of aryl methyl sites for hydroxylation is 2. The van der Waals surface area contributed by atoms with Crippen LogP contribution in [0.1, 0.15) is 32.1 Å². The Bertz CT molecular complexity index is 1240. The van der Waals surface area contributed by atoms with Crippen molar-refractivity contribution in [2.45, 2.75) is 25.6 Å². The van der Waals surface area contributed by atoms with E-state index < -0.39 is 17.7 Å². The summed E-state index contributed by atoms with van der Waals surface area (Å²) in [5, 5.41) is 15.3. The lowest BCUT2D eigenvalue weighted by Gasteiger charge is -2.12. The van der Waals surface area contributed by atoms with Crippen molar-refractivity contribution in [3.05, 3.63) is 87.8 Å². The lowest BCUT2D eigenvalue weighted by molar-refractivity contribution is -0.137. The van der Waals surface area contributed by atoms with Crippen LogP contribution in [0.5, 0.6) is 0 Å². The van der Waals surface area contributed by atoms with Crippen molar-refractivity contribution in [3.8, 4) is 11.3 Å². The van der Waals surface area contributed by atoms with E-state index in [1.54, 1.807) is 29.9 Å². The van der Waals surface area contributed by atoms with Crippen LogP contribution in [0.4, 0.5) is 13.2 Å². The molecule has 0 saturated heterocycles. The molecule has 1 aromatic carbocycles. The number of rotatable bonds is 7. The molecule has 1 N–H and O–H groups in total. The first kappa shape index (κ1) is 21.7. The quantitative estimate of drug-likeness (QED) is 0.424. The zero-order chi connectivity index (χ0) is 22.7. The summed E-state index contributed by atoms with van der Waals surface area (Å²) < 4.78 is 41.9. The molecule has 0 amide bonds. The lowest BCUT2D eigenvalue weighted by Crippen LogP contribution is -2.06. The van der Waals surface area contributed by atoms with Crippen LogP contribution in [0.2, 0.25) is 0 Å². The fourth-order valence-corrected chi connectivity index (χ4v) is 3.99. The van der Waals surface area contributed by atoms with Crippen LogP contribution in [0.3, 0.4) is 0 Å². The first-order chi connectivity index (χ1) is 15.3. The fourth-order valence-electron chi connectivity index (χ4n) is 3.20. The lowest BCUT2D eigenvalue weighted by atomic mass is 9.99. The number of carboxylic acids is 1. The molecule has 0 spiro atoms. The van der Waals surface area contributed by atoms with Crippen molar-refractivity contribution in [1.82, 2.24) is 19.7 Å². The maximum Gasteiger partial charge on any atom is 0.416 e. The highest BCUT2D eigenvalue weighted by Gasteiger charge is 2.31. The standard InChI is InChI=1S/C22H17F3N4O2S/c23-22(24,25)18-7-15(4-3-14-2-1-5-26-9-14)6-16(8-18)19-13-32-20(28-19)12-29-11-17(10-27-29)21(30)31/h1-2,5-11,13H,3-4,12H2,(H,30,31). The fraction of sp³-hybridized carbons (Fsp3) is 0.182. The van der Waals surface area contributed by atoms with Gasteiger partial charge in [-0.1, -0.05) is 6.07 Å². The normalized spacial score (nSPS) is 11.6. The van der Waals surface area contributed by atoms with Crippen LogP contribution >= 0.6 is 11.3 Å². The van der Waals surface area contributed by atoms with E-state index in [1.807, 2.05) is 6.07 Å². The third-order valence-corrected chi connectivity index (χ3v) is 5.60. The minimum absolute atomic E-state index is 0.0536. The molecule has 3 aromatic heterocycles. The van der Waals surface area contributed by atoms with Crippen molar-refractivity contribution in [2.24, 2.45) is 0 Å². The van der Waals surface area contributed by atoms with Gasteiger partial charge < -0.3 is 5.11 Å². The highest BCUT2D eigenvalue weighted by molar-refractivity contribution is 7.09. The number of nitrogens with zero attached hydrogens (tertiary/aromatic N) is 4. The summed E-state index contributed by atoms with van der Waals surface area (Å²) in [7, 11) is 0. The van der Waals surface area contributed by atoms with E-state index in [9.17, 15) is 18.0 Å². The van der Waals surface area contributed by atoms with Gasteiger partial charge in [0.1, 0.15) is 5.01 Å². The molecule has 4 aromatic rings. The van der Waals surface area contributed by atoms with Crippen molar-refractivity contribution < 1.29 is 23.1 Å². The van der Waals surface area contributed by atoms with E-state index in [2.05, 4.69) is 15.1 Å². The van der Waals surface area contributed by atoms with Gasteiger partial charge in [-0.3, -0.25) is 9.67 Å². The number of aromatic carboxylic acids is 1. The Labute approximate surface area is 185 Å². The Morgan fingerprint density at radius 3 is 2.62 bits per heavy atom. The molecule has 4 rings (SSSR count). The van der Waals surface area contributed by atoms with Crippen molar-refractivity contribution >= 4 is 17.3 Å². The Morgan fingerprint density at radius 1 is 1.12 bits per heavy atom. The average Bonchev–Trinajstić information content (AvgIpc) is 3.42. The number of thiazole rings is 1. The molecule has 0 saturated carbocycles. The van der Waals surface area contributed by atoms with Crippen LogP contribution < -0.4 is 0 Å². The number of benzene rings is 1. The number of halogens is 3. The highest BCUT2D eigenvalue weighted by atomic mass is 32.1. The molecule has 0 aliphatic rings. The molecule has 10 heteroatoms. The molecule has 0 aliphatic carbocycles. The molecule has 0 fully saturated rings. The number of aromatic nitrogens is 4. The second kappa shape index (κ2) is 8.91. The van der Waals surface area contributed by atoms with Crippen molar-refractivity contribution in [1.29, 1.82) is 0 Å². The summed E-state index contributed by atoms with van der Waals surface area (Å²) in [4.78, 5) is 19.5. The Balaban J connectivity index is 1.58. The highest BCUT2D eigenvalue weighted by Crippen LogP contribution is 2.34. The topological polar surface area (TPSA) is 80.9 Å². The predicted octanol–water partition coefficient (Wildman–Crippen LogP) is 4.95.